The Morgan fingerprint density at radius 2 is 0.788 bits per heavy atom. The summed E-state index contributed by atoms with van der Waals surface area (Å²) in [5.41, 5.74) is 5.12. The number of ether oxygens (including phenoxy) is 1. The highest BCUT2D eigenvalue weighted by Gasteiger charge is 2.16. The molecule has 0 aliphatic rings. The Morgan fingerprint density at radius 1 is 0.455 bits per heavy atom. The highest BCUT2D eigenvalue weighted by Crippen LogP contribution is 2.31. The first-order valence-electron chi connectivity index (χ1n) is 11.4. The first-order valence-corrected chi connectivity index (χ1v) is 12.1. The standard InChI is InChI=1S/C30H28Cl2O/c31-27-15-11-25(12-16-27)29(23-7-3-1-4-8-23)19-21-33-22-20-30(24-9-5-2-6-10-24)26-13-17-28(32)18-14-26/h1-18,29-30H,19-22H2. The molecule has 0 aliphatic heterocycles. The number of hydrogen-bond donors (Lipinski definition) is 0. The largest absolute Gasteiger partial charge is 0.381 e. The Balaban J connectivity index is 1.39. The van der Waals surface area contributed by atoms with Crippen LogP contribution in [0.25, 0.3) is 0 Å². The predicted octanol–water partition coefficient (Wildman–Crippen LogP) is 8.75. The smallest absolute Gasteiger partial charge is 0.0475 e. The fourth-order valence-electron chi connectivity index (χ4n) is 4.32. The fraction of sp³-hybridized carbons (Fsp3) is 0.200. The molecule has 4 aromatic carbocycles. The van der Waals surface area contributed by atoms with Crippen molar-refractivity contribution in [2.45, 2.75) is 24.7 Å². The van der Waals surface area contributed by atoms with Crippen LogP contribution in [0, 0.1) is 0 Å². The van der Waals surface area contributed by atoms with E-state index in [1.54, 1.807) is 0 Å². The highest BCUT2D eigenvalue weighted by molar-refractivity contribution is 6.30. The van der Waals surface area contributed by atoms with Crippen LogP contribution in [-0.4, -0.2) is 13.2 Å². The third-order valence-electron chi connectivity index (χ3n) is 6.05. The van der Waals surface area contributed by atoms with E-state index in [1.807, 2.05) is 24.3 Å². The van der Waals surface area contributed by atoms with E-state index in [9.17, 15) is 0 Å². The van der Waals surface area contributed by atoms with Gasteiger partial charge < -0.3 is 4.74 Å². The fourth-order valence-corrected chi connectivity index (χ4v) is 4.57. The molecule has 0 fully saturated rings. The minimum Gasteiger partial charge on any atom is -0.381 e. The number of benzene rings is 4. The Kier molecular flexibility index (Phi) is 8.60. The van der Waals surface area contributed by atoms with E-state index in [-0.39, 0.29) is 11.8 Å². The summed E-state index contributed by atoms with van der Waals surface area (Å²) >= 11 is 12.2. The van der Waals surface area contributed by atoms with Crippen LogP contribution in [0.5, 0.6) is 0 Å². The maximum atomic E-state index is 6.18. The summed E-state index contributed by atoms with van der Waals surface area (Å²) in [7, 11) is 0. The number of hydrogen-bond acceptors (Lipinski definition) is 1. The van der Waals surface area contributed by atoms with Crippen molar-refractivity contribution in [3.05, 3.63) is 141 Å². The number of halogens is 2. The lowest BCUT2D eigenvalue weighted by Gasteiger charge is -2.20. The van der Waals surface area contributed by atoms with Gasteiger partial charge in [0.2, 0.25) is 0 Å². The molecule has 33 heavy (non-hydrogen) atoms. The average molecular weight is 475 g/mol. The summed E-state index contributed by atoms with van der Waals surface area (Å²) in [5.74, 6) is 0.564. The molecule has 4 rings (SSSR count). The zero-order valence-corrected chi connectivity index (χ0v) is 20.1. The predicted molar refractivity (Wildman–Crippen MR) is 140 cm³/mol. The van der Waals surface area contributed by atoms with Crippen LogP contribution in [0.3, 0.4) is 0 Å². The average Bonchev–Trinajstić information content (AvgIpc) is 2.86. The van der Waals surface area contributed by atoms with Crippen LogP contribution in [0.1, 0.15) is 46.9 Å². The van der Waals surface area contributed by atoms with Crippen molar-refractivity contribution in [3.63, 3.8) is 0 Å². The summed E-state index contributed by atoms with van der Waals surface area (Å²) in [6.07, 6.45) is 1.84. The van der Waals surface area contributed by atoms with E-state index in [2.05, 4.69) is 84.9 Å². The summed E-state index contributed by atoms with van der Waals surface area (Å²) < 4.78 is 6.18. The molecule has 3 heteroatoms. The molecule has 0 amide bonds. The molecule has 1 nitrogen and oxygen atoms in total. The molecule has 0 saturated carbocycles. The molecule has 0 heterocycles. The van der Waals surface area contributed by atoms with Gasteiger partial charge in [0, 0.05) is 35.1 Å². The van der Waals surface area contributed by atoms with Gasteiger partial charge in [0.05, 0.1) is 0 Å². The molecule has 0 saturated heterocycles. The normalized spacial score (nSPS) is 12.9. The van der Waals surface area contributed by atoms with Crippen molar-refractivity contribution in [1.82, 2.24) is 0 Å². The van der Waals surface area contributed by atoms with Gasteiger partial charge in [-0.25, -0.2) is 0 Å². The molecule has 168 valence electrons. The molecule has 0 N–H and O–H groups in total. The van der Waals surface area contributed by atoms with E-state index in [0.29, 0.717) is 13.2 Å². The van der Waals surface area contributed by atoms with Crippen LogP contribution in [-0.2, 0) is 4.74 Å². The van der Waals surface area contributed by atoms with Crippen molar-refractivity contribution in [3.8, 4) is 0 Å². The lowest BCUT2D eigenvalue weighted by atomic mass is 9.88. The maximum Gasteiger partial charge on any atom is 0.0475 e. The maximum absolute atomic E-state index is 6.18. The van der Waals surface area contributed by atoms with Gasteiger partial charge in [-0.05, 0) is 59.4 Å². The minimum absolute atomic E-state index is 0.282. The molecule has 4 aromatic rings. The van der Waals surface area contributed by atoms with Gasteiger partial charge in [0.15, 0.2) is 0 Å². The van der Waals surface area contributed by atoms with Gasteiger partial charge in [0.25, 0.3) is 0 Å². The lowest BCUT2D eigenvalue weighted by molar-refractivity contribution is 0.124. The van der Waals surface area contributed by atoms with Gasteiger partial charge in [-0.2, -0.15) is 0 Å². The zero-order valence-electron chi connectivity index (χ0n) is 18.5. The first kappa shape index (κ1) is 23.6. The van der Waals surface area contributed by atoms with Crippen molar-refractivity contribution in [1.29, 1.82) is 0 Å². The topological polar surface area (TPSA) is 9.23 Å². The van der Waals surface area contributed by atoms with Crippen LogP contribution < -0.4 is 0 Å². The summed E-state index contributed by atoms with van der Waals surface area (Å²) in [6.45, 7) is 1.40. The van der Waals surface area contributed by atoms with Gasteiger partial charge >= 0.3 is 0 Å². The third kappa shape index (κ3) is 6.71. The van der Waals surface area contributed by atoms with Crippen LogP contribution >= 0.6 is 23.2 Å². The Bertz CT molecular complexity index is 1000. The third-order valence-corrected chi connectivity index (χ3v) is 6.55. The van der Waals surface area contributed by atoms with Crippen molar-refractivity contribution >= 4 is 23.2 Å². The number of rotatable bonds is 10. The van der Waals surface area contributed by atoms with Gasteiger partial charge in [0.1, 0.15) is 0 Å². The molecule has 0 bridgehead atoms. The second-order valence-electron chi connectivity index (χ2n) is 8.22. The van der Waals surface area contributed by atoms with Crippen LogP contribution in [0.4, 0.5) is 0 Å². The molecule has 2 unspecified atom stereocenters. The monoisotopic (exact) mass is 474 g/mol. The molecular weight excluding hydrogens is 447 g/mol. The van der Waals surface area contributed by atoms with Gasteiger partial charge in [-0.3, -0.25) is 0 Å². The Hall–Kier alpha value is -2.58. The second kappa shape index (κ2) is 12.0. The second-order valence-corrected chi connectivity index (χ2v) is 9.09. The summed E-state index contributed by atoms with van der Waals surface area (Å²) in [4.78, 5) is 0. The van der Waals surface area contributed by atoms with Gasteiger partial charge in [-0.15, -0.1) is 0 Å². The minimum atomic E-state index is 0.282. The molecule has 0 radical (unpaired) electrons. The van der Waals surface area contributed by atoms with E-state index in [4.69, 9.17) is 27.9 Å². The van der Waals surface area contributed by atoms with E-state index in [1.165, 1.54) is 22.3 Å². The molecular formula is C30H28Cl2O. The highest BCUT2D eigenvalue weighted by atomic mass is 35.5. The Labute approximate surface area is 207 Å². The van der Waals surface area contributed by atoms with E-state index >= 15 is 0 Å². The quantitative estimate of drug-likeness (QED) is 0.208. The summed E-state index contributed by atoms with van der Waals surface area (Å²) in [5, 5.41) is 1.52. The Morgan fingerprint density at radius 3 is 1.15 bits per heavy atom. The summed E-state index contributed by atoms with van der Waals surface area (Å²) in [6, 6.07) is 37.5. The van der Waals surface area contributed by atoms with Crippen molar-refractivity contribution in [2.24, 2.45) is 0 Å². The molecule has 0 aromatic heterocycles. The molecule has 0 spiro atoms. The SMILES string of the molecule is Clc1ccc(C(CCOCCC(c2ccccc2)c2ccc(Cl)cc2)c2ccccc2)cc1. The van der Waals surface area contributed by atoms with Gasteiger partial charge in [-0.1, -0.05) is 108 Å². The van der Waals surface area contributed by atoms with Crippen molar-refractivity contribution in [2.75, 3.05) is 13.2 Å². The molecule has 2 atom stereocenters. The molecule has 0 aliphatic carbocycles. The van der Waals surface area contributed by atoms with Crippen molar-refractivity contribution < 1.29 is 4.74 Å². The van der Waals surface area contributed by atoms with E-state index < -0.39 is 0 Å². The van der Waals surface area contributed by atoms with E-state index in [0.717, 1.165) is 22.9 Å². The first-order chi connectivity index (χ1) is 16.2. The van der Waals surface area contributed by atoms with Crippen LogP contribution in [0.15, 0.2) is 109 Å². The zero-order chi connectivity index (χ0) is 22.9. The van der Waals surface area contributed by atoms with Crippen LogP contribution in [0.2, 0.25) is 10.0 Å². The lowest BCUT2D eigenvalue weighted by Crippen LogP contribution is -2.09.